The van der Waals surface area contributed by atoms with E-state index in [1.165, 1.54) is 9.47 Å². The fourth-order valence-electron chi connectivity index (χ4n) is 3.12. The molecule has 4 rings (SSSR count). The molecule has 0 aliphatic heterocycles. The van der Waals surface area contributed by atoms with Crippen LogP contribution in [0.15, 0.2) is 76.2 Å². The Kier molecular flexibility index (Phi) is 4.87. The molecule has 7 heteroatoms. The predicted molar refractivity (Wildman–Crippen MR) is 110 cm³/mol. The Morgan fingerprint density at radius 3 is 2.62 bits per heavy atom. The minimum Gasteiger partial charge on any atom is -0.497 e. The molecule has 29 heavy (non-hydrogen) atoms. The molecule has 0 saturated carbocycles. The van der Waals surface area contributed by atoms with E-state index < -0.39 is 5.76 Å². The van der Waals surface area contributed by atoms with E-state index in [1.54, 1.807) is 56.9 Å². The Balaban J connectivity index is 1.65. The molecule has 0 fully saturated rings. The van der Waals surface area contributed by atoms with Gasteiger partial charge in [0.05, 0.1) is 12.6 Å². The molecule has 2 heterocycles. The lowest BCUT2D eigenvalue weighted by Crippen LogP contribution is -2.32. The van der Waals surface area contributed by atoms with Gasteiger partial charge < -0.3 is 14.1 Å². The number of rotatable bonds is 5. The van der Waals surface area contributed by atoms with Gasteiger partial charge in [0.1, 0.15) is 12.3 Å². The highest BCUT2D eigenvalue weighted by molar-refractivity contribution is 5.93. The Labute approximate surface area is 166 Å². The number of hydrogen-bond acceptors (Lipinski definition) is 5. The van der Waals surface area contributed by atoms with Gasteiger partial charge in [-0.1, -0.05) is 12.1 Å². The number of carbonyl (C=O) groups is 1. The number of amides is 1. The summed E-state index contributed by atoms with van der Waals surface area (Å²) < 4.78 is 11.8. The quantitative estimate of drug-likeness (QED) is 0.523. The van der Waals surface area contributed by atoms with Gasteiger partial charge in [0.25, 0.3) is 0 Å². The topological polar surface area (TPSA) is 77.6 Å². The number of carbonyl (C=O) groups excluding carboxylic acids is 1. The van der Waals surface area contributed by atoms with Gasteiger partial charge in [-0.25, -0.2) is 4.79 Å². The van der Waals surface area contributed by atoms with E-state index in [9.17, 15) is 9.59 Å². The fourth-order valence-corrected chi connectivity index (χ4v) is 3.12. The molecule has 0 radical (unpaired) electrons. The van der Waals surface area contributed by atoms with Crippen LogP contribution >= 0.6 is 0 Å². The van der Waals surface area contributed by atoms with Crippen molar-refractivity contribution in [3.63, 3.8) is 0 Å². The average molecular weight is 389 g/mol. The Hall–Kier alpha value is -3.87. The summed E-state index contributed by atoms with van der Waals surface area (Å²) in [5.41, 5.74) is 3.50. The number of hydrogen-bond donors (Lipinski definition) is 0. The van der Waals surface area contributed by atoms with E-state index in [-0.39, 0.29) is 12.5 Å². The molecule has 0 unspecified atom stereocenters. The summed E-state index contributed by atoms with van der Waals surface area (Å²) in [5, 5.41) is 0. The highest BCUT2D eigenvalue weighted by atomic mass is 16.5. The number of ether oxygens (including phenoxy) is 1. The van der Waals surface area contributed by atoms with Crippen molar-refractivity contribution in [1.29, 1.82) is 0 Å². The third kappa shape index (κ3) is 3.62. The standard InChI is InChI=1S/C22H19N3O4/c1-24(17-6-8-18(28-2)9-7-17)21(26)14-25-19-12-15(16-4-3-11-23-13-16)5-10-20(19)29-22(25)27/h3-13H,14H2,1-2H3. The van der Waals surface area contributed by atoms with Gasteiger partial charge >= 0.3 is 5.76 Å². The Bertz CT molecular complexity index is 1210. The summed E-state index contributed by atoms with van der Waals surface area (Å²) in [4.78, 5) is 30.8. The van der Waals surface area contributed by atoms with E-state index in [0.717, 1.165) is 11.1 Å². The summed E-state index contributed by atoms with van der Waals surface area (Å²) in [6.45, 7) is -0.134. The second kappa shape index (κ2) is 7.63. The smallest absolute Gasteiger partial charge is 0.420 e. The summed E-state index contributed by atoms with van der Waals surface area (Å²) in [6, 6.07) is 16.3. The van der Waals surface area contributed by atoms with Crippen molar-refractivity contribution < 1.29 is 13.9 Å². The van der Waals surface area contributed by atoms with Crippen molar-refractivity contribution in [2.24, 2.45) is 0 Å². The summed E-state index contributed by atoms with van der Waals surface area (Å²) in [6.07, 6.45) is 3.44. The van der Waals surface area contributed by atoms with Gasteiger partial charge in [-0.15, -0.1) is 0 Å². The fraction of sp³-hybridized carbons (Fsp3) is 0.136. The number of likely N-dealkylation sites (N-methyl/N-ethyl adjacent to an activating group) is 1. The largest absolute Gasteiger partial charge is 0.497 e. The van der Waals surface area contributed by atoms with Crippen LogP contribution < -0.4 is 15.4 Å². The molecular weight excluding hydrogens is 370 g/mol. The molecule has 1 amide bonds. The van der Waals surface area contributed by atoms with E-state index in [0.29, 0.717) is 22.5 Å². The Morgan fingerprint density at radius 2 is 1.93 bits per heavy atom. The lowest BCUT2D eigenvalue weighted by molar-refractivity contribution is -0.118. The third-order valence-electron chi connectivity index (χ3n) is 4.79. The van der Waals surface area contributed by atoms with E-state index in [1.807, 2.05) is 24.3 Å². The maximum atomic E-state index is 12.8. The van der Waals surface area contributed by atoms with Gasteiger partial charge in [0.2, 0.25) is 5.91 Å². The lowest BCUT2D eigenvalue weighted by Gasteiger charge is -2.17. The van der Waals surface area contributed by atoms with Crippen molar-refractivity contribution in [2.75, 3.05) is 19.1 Å². The summed E-state index contributed by atoms with van der Waals surface area (Å²) in [5.74, 6) is -0.110. The number of benzene rings is 2. The first kappa shape index (κ1) is 18.5. The van der Waals surface area contributed by atoms with E-state index >= 15 is 0 Å². The number of anilines is 1. The molecule has 0 aliphatic carbocycles. The maximum absolute atomic E-state index is 12.8. The van der Waals surface area contributed by atoms with Gasteiger partial charge in [0.15, 0.2) is 5.58 Å². The van der Waals surface area contributed by atoms with Crippen molar-refractivity contribution in [3.05, 3.63) is 77.5 Å². The van der Waals surface area contributed by atoms with Crippen LogP contribution in [0.25, 0.3) is 22.2 Å². The molecule has 2 aromatic carbocycles. The van der Waals surface area contributed by atoms with Gasteiger partial charge in [-0.3, -0.25) is 14.3 Å². The van der Waals surface area contributed by atoms with E-state index in [2.05, 4.69) is 4.98 Å². The highest BCUT2D eigenvalue weighted by Gasteiger charge is 2.17. The van der Waals surface area contributed by atoms with Crippen molar-refractivity contribution >= 4 is 22.7 Å². The van der Waals surface area contributed by atoms with Crippen LogP contribution in [-0.2, 0) is 11.3 Å². The van der Waals surface area contributed by atoms with Crippen molar-refractivity contribution in [2.45, 2.75) is 6.54 Å². The second-order valence-corrected chi connectivity index (χ2v) is 6.53. The predicted octanol–water partition coefficient (Wildman–Crippen LogP) is 3.33. The number of pyridine rings is 1. The zero-order valence-electron chi connectivity index (χ0n) is 16.0. The zero-order valence-corrected chi connectivity index (χ0v) is 16.0. The number of methoxy groups -OCH3 is 1. The molecule has 0 spiro atoms. The average Bonchev–Trinajstić information content (AvgIpc) is 3.08. The van der Waals surface area contributed by atoms with Crippen LogP contribution in [0.3, 0.4) is 0 Å². The number of fused-ring (bicyclic) bond motifs is 1. The van der Waals surface area contributed by atoms with Crippen LogP contribution in [-0.4, -0.2) is 29.6 Å². The molecule has 0 bridgehead atoms. The normalized spacial score (nSPS) is 10.8. The summed E-state index contributed by atoms with van der Waals surface area (Å²) in [7, 11) is 3.25. The Morgan fingerprint density at radius 1 is 1.14 bits per heavy atom. The SMILES string of the molecule is COc1ccc(N(C)C(=O)Cn2c(=O)oc3ccc(-c4cccnc4)cc32)cc1. The van der Waals surface area contributed by atoms with Crippen molar-refractivity contribution in [1.82, 2.24) is 9.55 Å². The molecule has 146 valence electrons. The van der Waals surface area contributed by atoms with E-state index in [4.69, 9.17) is 9.15 Å². The minimum atomic E-state index is -0.570. The molecular formula is C22H19N3O4. The van der Waals surface area contributed by atoms with Gasteiger partial charge in [0, 0.05) is 30.7 Å². The second-order valence-electron chi connectivity index (χ2n) is 6.53. The van der Waals surface area contributed by atoms with Crippen LogP contribution in [0.1, 0.15) is 0 Å². The molecule has 2 aromatic heterocycles. The number of nitrogens with zero attached hydrogens (tertiary/aromatic N) is 3. The van der Waals surface area contributed by atoms with Crippen molar-refractivity contribution in [3.8, 4) is 16.9 Å². The van der Waals surface area contributed by atoms with Crippen LogP contribution in [0.4, 0.5) is 5.69 Å². The zero-order chi connectivity index (χ0) is 20.4. The maximum Gasteiger partial charge on any atom is 0.420 e. The number of aromatic nitrogens is 2. The molecule has 0 N–H and O–H groups in total. The number of oxazole rings is 1. The first-order valence-electron chi connectivity index (χ1n) is 9.01. The van der Waals surface area contributed by atoms with Gasteiger partial charge in [-0.2, -0.15) is 0 Å². The molecule has 0 atom stereocenters. The van der Waals surface area contributed by atoms with Crippen LogP contribution in [0.5, 0.6) is 5.75 Å². The summed E-state index contributed by atoms with van der Waals surface area (Å²) >= 11 is 0. The highest BCUT2D eigenvalue weighted by Crippen LogP contribution is 2.24. The van der Waals surface area contributed by atoms with Crippen LogP contribution in [0, 0.1) is 0 Å². The first-order valence-corrected chi connectivity index (χ1v) is 9.01. The molecule has 4 aromatic rings. The molecule has 7 nitrogen and oxygen atoms in total. The van der Waals surface area contributed by atoms with Crippen LogP contribution in [0.2, 0.25) is 0 Å². The monoisotopic (exact) mass is 389 g/mol. The molecule has 0 aliphatic rings. The van der Waals surface area contributed by atoms with Gasteiger partial charge in [-0.05, 0) is 48.0 Å². The first-order chi connectivity index (χ1) is 14.1. The minimum absolute atomic E-state index is 0.134. The lowest BCUT2D eigenvalue weighted by atomic mass is 10.1. The molecule has 0 saturated heterocycles. The third-order valence-corrected chi connectivity index (χ3v) is 4.79.